The lowest BCUT2D eigenvalue weighted by molar-refractivity contribution is 0.669. The van der Waals surface area contributed by atoms with Crippen LogP contribution in [0.3, 0.4) is 0 Å². The lowest BCUT2D eigenvalue weighted by Gasteiger charge is -2.19. The summed E-state index contributed by atoms with van der Waals surface area (Å²) in [6.45, 7) is 0. The number of furan rings is 1. The minimum Gasteiger partial charge on any atom is -0.456 e. The average Bonchev–Trinajstić information content (AvgIpc) is 3.61. The number of hydrogen-bond acceptors (Lipinski definition) is 1. The zero-order chi connectivity index (χ0) is 40.1. The van der Waals surface area contributed by atoms with Gasteiger partial charge in [-0.3, -0.25) is 0 Å². The Morgan fingerprint density at radius 3 is 1.69 bits per heavy atom. The van der Waals surface area contributed by atoms with Gasteiger partial charge in [-0.15, -0.1) is 0 Å². The van der Waals surface area contributed by atoms with E-state index in [-0.39, 0.29) is 22.7 Å². The third-order valence-corrected chi connectivity index (χ3v) is 9.44. The van der Waals surface area contributed by atoms with Gasteiger partial charge in [-0.05, 0) is 107 Å². The first-order valence-electron chi connectivity index (χ1n) is 20.6. The summed E-state index contributed by atoms with van der Waals surface area (Å²) in [6, 6.07) is 37.6. The van der Waals surface area contributed by atoms with Crippen molar-refractivity contribution in [2.45, 2.75) is 0 Å². The summed E-state index contributed by atoms with van der Waals surface area (Å²) in [5, 5.41) is 7.03. The summed E-state index contributed by atoms with van der Waals surface area (Å²) in [5.41, 5.74) is 5.68. The molecule has 1 heterocycles. The van der Waals surface area contributed by atoms with Crippen LogP contribution in [0.15, 0.2) is 186 Å². The number of benzene rings is 9. The van der Waals surface area contributed by atoms with E-state index in [1.54, 1.807) is 0 Å². The van der Waals surface area contributed by atoms with Crippen LogP contribution in [0.25, 0.3) is 98.8 Å². The van der Waals surface area contributed by atoms with Gasteiger partial charge < -0.3 is 4.42 Å². The maximum atomic E-state index is 9.33. The third kappa shape index (κ3) is 4.47. The van der Waals surface area contributed by atoms with E-state index in [0.29, 0.717) is 16.3 Å². The zero-order valence-electron chi connectivity index (χ0n) is 35.0. The van der Waals surface area contributed by atoms with Gasteiger partial charge >= 0.3 is 0 Å². The van der Waals surface area contributed by atoms with Crippen LogP contribution < -0.4 is 0 Å². The fraction of sp³-hybridized carbons (Fsp3) is 0. The van der Waals surface area contributed by atoms with Gasteiger partial charge in [0, 0.05) is 10.8 Å². The van der Waals surface area contributed by atoms with Crippen molar-refractivity contribution in [3.8, 4) is 44.5 Å². The van der Waals surface area contributed by atoms with E-state index in [1.165, 1.54) is 0 Å². The van der Waals surface area contributed by atoms with Gasteiger partial charge in [-0.25, -0.2) is 0 Å². The molecule has 1 heteroatoms. The highest BCUT2D eigenvalue weighted by atomic mass is 16.3. The van der Waals surface area contributed by atoms with Gasteiger partial charge in [0.2, 0.25) is 0 Å². The Balaban J connectivity index is 1.27. The smallest absolute Gasteiger partial charge is 0.136 e. The minimum atomic E-state index is -0.591. The Hall–Kier alpha value is -6.44. The molecule has 0 aliphatic heterocycles. The van der Waals surface area contributed by atoms with Crippen LogP contribution >= 0.6 is 0 Å². The van der Waals surface area contributed by atoms with Crippen LogP contribution in [-0.2, 0) is 0 Å². The van der Waals surface area contributed by atoms with Crippen molar-refractivity contribution in [3.05, 3.63) is 182 Å². The normalized spacial score (nSPS) is 14.2. The molecule has 9 aromatic carbocycles. The highest BCUT2D eigenvalue weighted by Gasteiger charge is 2.19. The van der Waals surface area contributed by atoms with Crippen LogP contribution in [-0.4, -0.2) is 0 Å². The van der Waals surface area contributed by atoms with Gasteiger partial charge in [0.15, 0.2) is 0 Å². The van der Waals surface area contributed by atoms with Crippen LogP contribution in [0.1, 0.15) is 12.3 Å². The van der Waals surface area contributed by atoms with E-state index in [0.717, 1.165) is 65.7 Å². The molecule has 0 unspecified atom stereocenters. The van der Waals surface area contributed by atoms with Crippen molar-refractivity contribution in [2.24, 2.45) is 0 Å². The fourth-order valence-corrected chi connectivity index (χ4v) is 7.26. The lowest BCUT2D eigenvalue weighted by Crippen LogP contribution is -1.92. The predicted octanol–water partition coefficient (Wildman–Crippen LogP) is 13.7. The topological polar surface area (TPSA) is 13.1 Å². The van der Waals surface area contributed by atoms with Crippen molar-refractivity contribution in [1.29, 1.82) is 0 Å². The quantitative estimate of drug-likeness (QED) is 0.176. The molecule has 0 fully saturated rings. The Labute approximate surface area is 297 Å². The fourth-order valence-electron chi connectivity index (χ4n) is 7.26. The molecule has 0 N–H and O–H groups in total. The lowest BCUT2D eigenvalue weighted by atomic mass is 9.83. The van der Waals surface area contributed by atoms with E-state index in [4.69, 9.17) is 15.4 Å². The predicted molar refractivity (Wildman–Crippen MR) is 208 cm³/mol. The van der Waals surface area contributed by atoms with Gasteiger partial charge in [0.05, 0.1) is 12.3 Å². The van der Waals surface area contributed by atoms with Crippen LogP contribution in [0, 0.1) is 0 Å². The highest BCUT2D eigenvalue weighted by Crippen LogP contribution is 2.47. The maximum absolute atomic E-state index is 9.33. The molecule has 0 amide bonds. The standard InChI is InChI=1S/C48H30O/c1-3-13-31(14-4-1)33-23-24-34-30-46-44(29-36(34)27-33)43-28-35(25-26-45(43)49-46)47-39-19-9-11-21-41(39)48(42-22-12-10-20-40(42)47)38-18-8-7-17-37(38)32-15-5-2-6-16-32/h1-30H/i2D,5D,6D,7D,8D,15D,16D,17D,18D. The highest BCUT2D eigenvalue weighted by molar-refractivity contribution is 6.23. The molecule has 10 aromatic rings. The van der Waals surface area contributed by atoms with Crippen molar-refractivity contribution in [3.63, 3.8) is 0 Å². The Morgan fingerprint density at radius 2 is 0.959 bits per heavy atom. The van der Waals surface area contributed by atoms with Crippen molar-refractivity contribution >= 4 is 54.3 Å². The molecule has 0 aliphatic rings. The third-order valence-electron chi connectivity index (χ3n) is 9.44. The molecule has 0 radical (unpaired) electrons. The zero-order valence-corrected chi connectivity index (χ0v) is 26.0. The molecule has 10 rings (SSSR count). The number of rotatable bonds is 4. The largest absolute Gasteiger partial charge is 0.456 e. The summed E-state index contributed by atoms with van der Waals surface area (Å²) in [7, 11) is 0. The van der Waals surface area contributed by atoms with Crippen molar-refractivity contribution in [2.75, 3.05) is 0 Å². The van der Waals surface area contributed by atoms with Crippen molar-refractivity contribution in [1.82, 2.24) is 0 Å². The molecule has 0 saturated heterocycles. The Morgan fingerprint density at radius 1 is 0.347 bits per heavy atom. The van der Waals surface area contributed by atoms with Crippen LogP contribution in [0.2, 0.25) is 0 Å². The summed E-state index contributed by atoms with van der Waals surface area (Å²) < 4.78 is 85.2. The molecule has 0 spiro atoms. The van der Waals surface area contributed by atoms with E-state index in [1.807, 2.05) is 78.9 Å². The summed E-state index contributed by atoms with van der Waals surface area (Å²) in [5.74, 6) is 0. The number of fused-ring (bicyclic) bond motifs is 6. The van der Waals surface area contributed by atoms with E-state index in [2.05, 4.69) is 48.5 Å². The van der Waals surface area contributed by atoms with Crippen LogP contribution in [0.4, 0.5) is 0 Å². The molecule has 1 nitrogen and oxygen atoms in total. The van der Waals surface area contributed by atoms with Crippen molar-refractivity contribution < 1.29 is 16.8 Å². The first-order valence-corrected chi connectivity index (χ1v) is 16.1. The second kappa shape index (κ2) is 11.1. The van der Waals surface area contributed by atoms with E-state index in [9.17, 15) is 1.37 Å². The Kier molecular flexibility index (Phi) is 4.53. The summed E-state index contributed by atoms with van der Waals surface area (Å²) >= 11 is 0. The molecule has 228 valence electrons. The maximum Gasteiger partial charge on any atom is 0.136 e. The summed E-state index contributed by atoms with van der Waals surface area (Å²) in [4.78, 5) is 0. The van der Waals surface area contributed by atoms with Gasteiger partial charge in [-0.2, -0.15) is 0 Å². The monoisotopic (exact) mass is 631 g/mol. The molecular weight excluding hydrogens is 593 g/mol. The average molecular weight is 632 g/mol. The molecule has 0 bridgehead atoms. The molecule has 0 saturated carbocycles. The molecule has 0 aliphatic carbocycles. The molecule has 1 aromatic heterocycles. The number of hydrogen-bond donors (Lipinski definition) is 0. The first-order chi connectivity index (χ1) is 28.0. The summed E-state index contributed by atoms with van der Waals surface area (Å²) in [6.07, 6.45) is 0. The second-order valence-electron chi connectivity index (χ2n) is 12.2. The van der Waals surface area contributed by atoms with Gasteiger partial charge in [0.1, 0.15) is 11.2 Å². The van der Waals surface area contributed by atoms with Gasteiger partial charge in [0.25, 0.3) is 0 Å². The Bertz CT molecular complexity index is 3300. The SMILES string of the molecule is [2H]c1c([2H])c([2H])c(-c2c([2H])c([2H])c([2H])c([2H])c2-c2c3ccccc3c(-c3ccc4oc5cc6ccc(-c7ccccc7)cc6cc5c4c3)c3ccccc23)c([2H])c1[2H]. The minimum absolute atomic E-state index is 0.0570. The second-order valence-corrected chi connectivity index (χ2v) is 12.2. The van der Waals surface area contributed by atoms with E-state index >= 15 is 0 Å². The molecule has 49 heavy (non-hydrogen) atoms. The molecule has 0 atom stereocenters. The van der Waals surface area contributed by atoms with Crippen LogP contribution in [0.5, 0.6) is 0 Å². The molecular formula is C48H30O. The van der Waals surface area contributed by atoms with Gasteiger partial charge in [-0.1, -0.05) is 151 Å². The first kappa shape index (κ1) is 20.0. The van der Waals surface area contributed by atoms with E-state index < -0.39 is 48.3 Å².